The molecule has 1 atom stereocenters. The van der Waals surface area contributed by atoms with Gasteiger partial charge >= 0.3 is 0 Å². The molecule has 3 heteroatoms. The summed E-state index contributed by atoms with van der Waals surface area (Å²) >= 11 is 6.10. The normalized spacial score (nSPS) is 20.6. The Bertz CT molecular complexity index is 351. The van der Waals surface area contributed by atoms with Crippen molar-refractivity contribution in [1.29, 1.82) is 0 Å². The second-order valence-electron chi connectivity index (χ2n) is 3.76. The number of fused-ring (bicyclic) bond motifs is 1. The smallest absolute Gasteiger partial charge is 0.0684 e. The molecule has 2 rings (SSSR count). The van der Waals surface area contributed by atoms with Gasteiger partial charge in [-0.2, -0.15) is 0 Å². The number of benzene rings is 1. The molecular weight excluding hydrogens is 198 g/mol. The molecule has 1 aromatic carbocycles. The fourth-order valence-electron chi connectivity index (χ4n) is 2.17. The number of aliphatic hydroxyl groups is 1. The third kappa shape index (κ3) is 1.54. The van der Waals surface area contributed by atoms with Crippen LogP contribution in [-0.2, 0) is 13.0 Å². The molecule has 0 radical (unpaired) electrons. The Morgan fingerprint density at radius 2 is 2.29 bits per heavy atom. The van der Waals surface area contributed by atoms with Crippen molar-refractivity contribution in [2.75, 3.05) is 0 Å². The van der Waals surface area contributed by atoms with Crippen LogP contribution < -0.4 is 5.73 Å². The van der Waals surface area contributed by atoms with E-state index in [2.05, 4.69) is 0 Å². The number of halogens is 1. The van der Waals surface area contributed by atoms with Gasteiger partial charge in [0.2, 0.25) is 0 Å². The monoisotopic (exact) mass is 211 g/mol. The van der Waals surface area contributed by atoms with Crippen LogP contribution in [0.15, 0.2) is 12.1 Å². The van der Waals surface area contributed by atoms with E-state index < -0.39 is 0 Å². The number of hydrogen-bond acceptors (Lipinski definition) is 2. The van der Waals surface area contributed by atoms with Gasteiger partial charge in [-0.05, 0) is 42.0 Å². The van der Waals surface area contributed by atoms with Crippen molar-refractivity contribution >= 4 is 11.6 Å². The van der Waals surface area contributed by atoms with Gasteiger partial charge in [-0.3, -0.25) is 0 Å². The lowest BCUT2D eigenvalue weighted by Crippen LogP contribution is -2.19. The Morgan fingerprint density at radius 3 is 3.00 bits per heavy atom. The maximum atomic E-state index is 9.19. The highest BCUT2D eigenvalue weighted by atomic mass is 35.5. The van der Waals surface area contributed by atoms with Crippen molar-refractivity contribution in [3.8, 4) is 0 Å². The van der Waals surface area contributed by atoms with Gasteiger partial charge < -0.3 is 10.8 Å². The predicted molar refractivity (Wildman–Crippen MR) is 57.2 cm³/mol. The topological polar surface area (TPSA) is 46.2 Å². The van der Waals surface area contributed by atoms with Crippen molar-refractivity contribution in [1.82, 2.24) is 0 Å². The zero-order valence-electron chi connectivity index (χ0n) is 7.96. The van der Waals surface area contributed by atoms with E-state index in [1.807, 2.05) is 12.1 Å². The highest BCUT2D eigenvalue weighted by Crippen LogP contribution is 2.35. The molecule has 0 bridgehead atoms. The average Bonchev–Trinajstić information content (AvgIpc) is 2.18. The lowest BCUT2D eigenvalue weighted by molar-refractivity contribution is 0.280. The summed E-state index contributed by atoms with van der Waals surface area (Å²) < 4.78 is 0. The first-order chi connectivity index (χ1) is 6.74. The Labute approximate surface area is 88.7 Å². The average molecular weight is 212 g/mol. The van der Waals surface area contributed by atoms with E-state index in [9.17, 15) is 5.11 Å². The Morgan fingerprint density at radius 1 is 1.50 bits per heavy atom. The molecule has 1 aliphatic carbocycles. The van der Waals surface area contributed by atoms with Crippen molar-refractivity contribution in [3.63, 3.8) is 0 Å². The third-order valence-corrected chi connectivity index (χ3v) is 3.21. The van der Waals surface area contributed by atoms with Crippen LogP contribution in [0.25, 0.3) is 0 Å². The number of hydrogen-bond donors (Lipinski definition) is 2. The molecule has 0 aromatic heterocycles. The molecule has 0 amide bonds. The zero-order valence-corrected chi connectivity index (χ0v) is 8.72. The summed E-state index contributed by atoms with van der Waals surface area (Å²) in [5.74, 6) is 0. The largest absolute Gasteiger partial charge is 0.392 e. The molecule has 0 aliphatic heterocycles. The third-order valence-electron chi connectivity index (χ3n) is 2.88. The molecule has 0 saturated heterocycles. The minimum Gasteiger partial charge on any atom is -0.392 e. The van der Waals surface area contributed by atoms with Crippen molar-refractivity contribution < 1.29 is 5.11 Å². The number of aliphatic hydroxyl groups excluding tert-OH is 1. The van der Waals surface area contributed by atoms with Crippen molar-refractivity contribution in [2.45, 2.75) is 31.9 Å². The fourth-order valence-corrected chi connectivity index (χ4v) is 2.49. The first kappa shape index (κ1) is 9.97. The Kier molecular flexibility index (Phi) is 2.77. The fraction of sp³-hybridized carbons (Fsp3) is 0.455. The van der Waals surface area contributed by atoms with Gasteiger partial charge in [0.25, 0.3) is 0 Å². The van der Waals surface area contributed by atoms with Crippen molar-refractivity contribution in [3.05, 3.63) is 33.8 Å². The lowest BCUT2D eigenvalue weighted by atomic mass is 9.85. The summed E-state index contributed by atoms with van der Waals surface area (Å²) in [6.45, 7) is 0.0756. The maximum Gasteiger partial charge on any atom is 0.0684 e. The van der Waals surface area contributed by atoms with Gasteiger partial charge in [0.1, 0.15) is 0 Å². The molecule has 14 heavy (non-hydrogen) atoms. The summed E-state index contributed by atoms with van der Waals surface area (Å²) in [4.78, 5) is 0. The van der Waals surface area contributed by atoms with Gasteiger partial charge in [0.05, 0.1) is 6.61 Å². The van der Waals surface area contributed by atoms with Gasteiger partial charge in [-0.1, -0.05) is 17.7 Å². The van der Waals surface area contributed by atoms with E-state index in [4.69, 9.17) is 17.3 Å². The molecule has 0 spiro atoms. The molecule has 0 saturated carbocycles. The lowest BCUT2D eigenvalue weighted by Gasteiger charge is -2.25. The van der Waals surface area contributed by atoms with Gasteiger partial charge in [-0.15, -0.1) is 0 Å². The molecule has 2 nitrogen and oxygen atoms in total. The minimum atomic E-state index is 0.0396. The summed E-state index contributed by atoms with van der Waals surface area (Å²) in [7, 11) is 0. The first-order valence-corrected chi connectivity index (χ1v) is 5.28. The van der Waals surface area contributed by atoms with Gasteiger partial charge in [-0.25, -0.2) is 0 Å². The molecular formula is C11H14ClNO. The standard InChI is InChI=1S/C11H14ClNO/c12-9-5-4-7(6-14)8-2-1-3-10(13)11(8)9/h4-5,10,14H,1-3,6,13H2/t10-/m1/s1. The number of rotatable bonds is 1. The summed E-state index contributed by atoms with van der Waals surface area (Å²) in [5.41, 5.74) is 9.19. The summed E-state index contributed by atoms with van der Waals surface area (Å²) in [6, 6.07) is 3.76. The minimum absolute atomic E-state index is 0.0396. The molecule has 3 N–H and O–H groups in total. The molecule has 76 valence electrons. The van der Waals surface area contributed by atoms with Crippen LogP contribution in [0.3, 0.4) is 0 Å². The SMILES string of the molecule is N[C@@H]1CCCc2c(CO)ccc(Cl)c21. The quantitative estimate of drug-likeness (QED) is 0.748. The highest BCUT2D eigenvalue weighted by molar-refractivity contribution is 6.31. The van der Waals surface area contributed by atoms with Crippen LogP contribution in [0, 0.1) is 0 Å². The van der Waals surface area contributed by atoms with Crippen LogP contribution in [-0.4, -0.2) is 5.11 Å². The molecule has 1 aromatic rings. The van der Waals surface area contributed by atoms with Crippen LogP contribution in [0.4, 0.5) is 0 Å². The van der Waals surface area contributed by atoms with E-state index in [-0.39, 0.29) is 12.6 Å². The molecule has 0 fully saturated rings. The van der Waals surface area contributed by atoms with Crippen molar-refractivity contribution in [2.24, 2.45) is 5.73 Å². The first-order valence-electron chi connectivity index (χ1n) is 4.90. The van der Waals surface area contributed by atoms with Gasteiger partial charge in [0.15, 0.2) is 0 Å². The summed E-state index contributed by atoms with van der Waals surface area (Å²) in [5, 5.41) is 9.93. The van der Waals surface area contributed by atoms with E-state index in [0.717, 1.165) is 35.4 Å². The van der Waals surface area contributed by atoms with Crippen LogP contribution in [0.5, 0.6) is 0 Å². The van der Waals surface area contributed by atoms with E-state index in [0.29, 0.717) is 0 Å². The predicted octanol–water partition coefficient (Wildman–Crippen LogP) is 2.17. The summed E-state index contributed by atoms with van der Waals surface area (Å²) in [6.07, 6.45) is 3.06. The second kappa shape index (κ2) is 3.89. The number of nitrogens with two attached hydrogens (primary N) is 1. The molecule has 1 aliphatic rings. The maximum absolute atomic E-state index is 9.19. The van der Waals surface area contributed by atoms with Crippen LogP contribution in [0.2, 0.25) is 5.02 Å². The van der Waals surface area contributed by atoms with E-state index >= 15 is 0 Å². The molecule has 0 heterocycles. The Balaban J connectivity index is 2.57. The van der Waals surface area contributed by atoms with E-state index in [1.165, 1.54) is 5.56 Å². The van der Waals surface area contributed by atoms with Crippen LogP contribution >= 0.6 is 11.6 Å². The second-order valence-corrected chi connectivity index (χ2v) is 4.16. The Hall–Kier alpha value is -0.570. The van der Waals surface area contributed by atoms with Gasteiger partial charge in [0, 0.05) is 11.1 Å². The zero-order chi connectivity index (χ0) is 10.1. The highest BCUT2D eigenvalue weighted by Gasteiger charge is 2.21. The van der Waals surface area contributed by atoms with E-state index in [1.54, 1.807) is 0 Å². The van der Waals surface area contributed by atoms with Crippen LogP contribution in [0.1, 0.15) is 35.6 Å². The molecule has 0 unspecified atom stereocenters.